The lowest BCUT2D eigenvalue weighted by Crippen LogP contribution is -2.40. The predicted molar refractivity (Wildman–Crippen MR) is 90.0 cm³/mol. The molecule has 120 valence electrons. The Morgan fingerprint density at radius 2 is 1.74 bits per heavy atom. The summed E-state index contributed by atoms with van der Waals surface area (Å²) in [5.74, 6) is -1.45. The Balaban J connectivity index is 2.16. The van der Waals surface area contributed by atoms with E-state index in [1.54, 1.807) is 11.4 Å². The molecule has 0 saturated heterocycles. The largest absolute Gasteiger partial charge is 0.313 e. The van der Waals surface area contributed by atoms with Crippen LogP contribution < -0.4 is 16.2 Å². The van der Waals surface area contributed by atoms with Crippen molar-refractivity contribution in [1.29, 1.82) is 0 Å². The number of anilines is 1. The van der Waals surface area contributed by atoms with E-state index >= 15 is 0 Å². The van der Waals surface area contributed by atoms with Crippen molar-refractivity contribution in [2.75, 3.05) is 5.32 Å². The van der Waals surface area contributed by atoms with Gasteiger partial charge in [-0.1, -0.05) is 23.2 Å². The maximum absolute atomic E-state index is 12.3. The summed E-state index contributed by atoms with van der Waals surface area (Å²) in [5, 5.41) is 5.18. The van der Waals surface area contributed by atoms with Gasteiger partial charge in [-0.15, -0.1) is 11.3 Å². The van der Waals surface area contributed by atoms with Gasteiger partial charge in [-0.05, 0) is 29.6 Å². The fourth-order valence-electron chi connectivity index (χ4n) is 1.64. The molecule has 2 aromatic rings. The molecule has 0 aliphatic heterocycles. The maximum Gasteiger partial charge on any atom is 0.272 e. The highest BCUT2D eigenvalue weighted by Gasteiger charge is 2.17. The Morgan fingerprint density at radius 1 is 1.00 bits per heavy atom. The van der Waals surface area contributed by atoms with Crippen molar-refractivity contribution in [3.05, 3.63) is 50.8 Å². The standard InChI is InChI=1S/C14H11Cl2N3O3S/c1-7(20)18-19-13(22)9-4-5-23-14(9)17-12(21)10-6-8(15)2-3-11(10)16/h2-6H,1H3,(H,17,21)(H,18,20)(H,19,22). The summed E-state index contributed by atoms with van der Waals surface area (Å²) in [4.78, 5) is 35.0. The molecule has 0 spiro atoms. The molecule has 0 radical (unpaired) electrons. The van der Waals surface area contributed by atoms with Gasteiger partial charge in [0.2, 0.25) is 5.91 Å². The molecule has 0 atom stereocenters. The smallest absolute Gasteiger partial charge is 0.272 e. The van der Waals surface area contributed by atoms with Gasteiger partial charge in [-0.2, -0.15) is 0 Å². The summed E-state index contributed by atoms with van der Waals surface area (Å²) in [6.45, 7) is 1.26. The van der Waals surface area contributed by atoms with Gasteiger partial charge < -0.3 is 5.32 Å². The number of benzene rings is 1. The summed E-state index contributed by atoms with van der Waals surface area (Å²) >= 11 is 13.0. The molecule has 0 saturated carbocycles. The molecular weight excluding hydrogens is 361 g/mol. The number of hydrazine groups is 1. The van der Waals surface area contributed by atoms with Gasteiger partial charge >= 0.3 is 0 Å². The van der Waals surface area contributed by atoms with Crippen LogP contribution in [-0.2, 0) is 4.79 Å². The highest BCUT2D eigenvalue weighted by Crippen LogP contribution is 2.26. The number of carbonyl (C=O) groups excluding carboxylic acids is 3. The summed E-state index contributed by atoms with van der Waals surface area (Å²) in [7, 11) is 0. The van der Waals surface area contributed by atoms with E-state index in [1.165, 1.54) is 25.1 Å². The van der Waals surface area contributed by atoms with Crippen LogP contribution in [0.4, 0.5) is 5.00 Å². The molecule has 1 aromatic carbocycles. The third-order valence-corrected chi connectivity index (χ3v) is 4.06. The van der Waals surface area contributed by atoms with Crippen molar-refractivity contribution in [2.45, 2.75) is 6.92 Å². The van der Waals surface area contributed by atoms with E-state index in [2.05, 4.69) is 16.2 Å². The van der Waals surface area contributed by atoms with Crippen LogP contribution in [0.5, 0.6) is 0 Å². The average Bonchev–Trinajstić information content (AvgIpc) is 2.95. The number of carbonyl (C=O) groups is 3. The van der Waals surface area contributed by atoms with Crippen LogP contribution in [0.3, 0.4) is 0 Å². The summed E-state index contributed by atoms with van der Waals surface area (Å²) in [6.07, 6.45) is 0. The van der Waals surface area contributed by atoms with E-state index in [4.69, 9.17) is 23.2 Å². The second kappa shape index (κ2) is 7.45. The minimum Gasteiger partial charge on any atom is -0.313 e. The zero-order chi connectivity index (χ0) is 17.0. The number of thiophene rings is 1. The zero-order valence-corrected chi connectivity index (χ0v) is 14.1. The van der Waals surface area contributed by atoms with E-state index in [0.29, 0.717) is 10.0 Å². The summed E-state index contributed by atoms with van der Waals surface area (Å²) < 4.78 is 0. The van der Waals surface area contributed by atoms with E-state index in [-0.39, 0.29) is 16.1 Å². The lowest BCUT2D eigenvalue weighted by Gasteiger charge is -2.09. The minimum absolute atomic E-state index is 0.195. The fourth-order valence-corrected chi connectivity index (χ4v) is 2.79. The van der Waals surface area contributed by atoms with Gasteiger partial charge in [-0.25, -0.2) is 0 Å². The number of hydrogen-bond acceptors (Lipinski definition) is 4. The van der Waals surface area contributed by atoms with Crippen LogP contribution in [0.25, 0.3) is 0 Å². The normalized spacial score (nSPS) is 10.0. The molecule has 6 nitrogen and oxygen atoms in total. The first-order valence-electron chi connectivity index (χ1n) is 6.29. The monoisotopic (exact) mass is 371 g/mol. The maximum atomic E-state index is 12.3. The zero-order valence-electron chi connectivity index (χ0n) is 11.8. The van der Waals surface area contributed by atoms with Crippen molar-refractivity contribution in [3.8, 4) is 0 Å². The number of nitrogens with one attached hydrogen (secondary N) is 3. The van der Waals surface area contributed by atoms with Gasteiger partial charge in [0.05, 0.1) is 16.1 Å². The SMILES string of the molecule is CC(=O)NNC(=O)c1ccsc1NC(=O)c1cc(Cl)ccc1Cl. The first-order valence-corrected chi connectivity index (χ1v) is 7.93. The number of halogens is 2. The minimum atomic E-state index is -0.547. The third kappa shape index (κ3) is 4.44. The van der Waals surface area contributed by atoms with Gasteiger partial charge in [-0.3, -0.25) is 25.2 Å². The molecular formula is C14H11Cl2N3O3S. The van der Waals surface area contributed by atoms with E-state index in [0.717, 1.165) is 11.3 Å². The Bertz CT molecular complexity index is 776. The molecule has 3 N–H and O–H groups in total. The lowest BCUT2D eigenvalue weighted by molar-refractivity contribution is -0.119. The molecule has 0 aliphatic carbocycles. The summed E-state index contributed by atoms with van der Waals surface area (Å²) in [5.41, 5.74) is 4.82. The van der Waals surface area contributed by atoms with Gasteiger partial charge in [0.15, 0.2) is 0 Å². The van der Waals surface area contributed by atoms with Gasteiger partial charge in [0.25, 0.3) is 11.8 Å². The molecule has 1 aromatic heterocycles. The third-order valence-electron chi connectivity index (χ3n) is 2.66. The van der Waals surface area contributed by atoms with E-state index in [1.807, 2.05) is 0 Å². The fraction of sp³-hybridized carbons (Fsp3) is 0.0714. The van der Waals surface area contributed by atoms with E-state index < -0.39 is 17.7 Å². The Kier molecular flexibility index (Phi) is 5.59. The average molecular weight is 372 g/mol. The first-order chi connectivity index (χ1) is 10.9. The Labute approximate surface area is 145 Å². The van der Waals surface area contributed by atoms with Crippen molar-refractivity contribution in [1.82, 2.24) is 10.9 Å². The van der Waals surface area contributed by atoms with E-state index in [9.17, 15) is 14.4 Å². The molecule has 0 unspecified atom stereocenters. The van der Waals surface area contributed by atoms with Crippen LogP contribution in [-0.4, -0.2) is 17.7 Å². The number of amides is 3. The molecule has 23 heavy (non-hydrogen) atoms. The highest BCUT2D eigenvalue weighted by molar-refractivity contribution is 7.14. The van der Waals surface area contributed by atoms with Crippen LogP contribution >= 0.6 is 34.5 Å². The quantitative estimate of drug-likeness (QED) is 0.724. The molecule has 0 aliphatic rings. The molecule has 0 bridgehead atoms. The molecule has 9 heteroatoms. The van der Waals surface area contributed by atoms with Crippen molar-refractivity contribution >= 4 is 57.3 Å². The van der Waals surface area contributed by atoms with Crippen LogP contribution in [0.2, 0.25) is 10.0 Å². The van der Waals surface area contributed by atoms with Crippen LogP contribution in [0, 0.1) is 0 Å². The second-order valence-electron chi connectivity index (χ2n) is 4.38. The van der Waals surface area contributed by atoms with Crippen molar-refractivity contribution in [3.63, 3.8) is 0 Å². The van der Waals surface area contributed by atoms with Crippen molar-refractivity contribution in [2.24, 2.45) is 0 Å². The predicted octanol–water partition coefficient (Wildman–Crippen LogP) is 3.09. The van der Waals surface area contributed by atoms with Crippen LogP contribution in [0.1, 0.15) is 27.6 Å². The molecule has 1 heterocycles. The molecule has 3 amide bonds. The summed E-state index contributed by atoms with van der Waals surface area (Å²) in [6, 6.07) is 6.04. The van der Waals surface area contributed by atoms with Gasteiger partial charge in [0.1, 0.15) is 5.00 Å². The number of rotatable bonds is 3. The Hall–Kier alpha value is -2.09. The topological polar surface area (TPSA) is 87.3 Å². The molecule has 2 rings (SSSR count). The van der Waals surface area contributed by atoms with Gasteiger partial charge in [0, 0.05) is 11.9 Å². The first kappa shape index (κ1) is 17.3. The van der Waals surface area contributed by atoms with Crippen molar-refractivity contribution < 1.29 is 14.4 Å². The lowest BCUT2D eigenvalue weighted by atomic mass is 10.2. The Morgan fingerprint density at radius 3 is 2.43 bits per heavy atom. The molecule has 0 fully saturated rings. The van der Waals surface area contributed by atoms with Crippen LogP contribution in [0.15, 0.2) is 29.6 Å². The highest BCUT2D eigenvalue weighted by atomic mass is 35.5. The second-order valence-corrected chi connectivity index (χ2v) is 6.14. The number of hydrogen-bond donors (Lipinski definition) is 3.